The van der Waals surface area contributed by atoms with Crippen LogP contribution in [-0.2, 0) is 6.54 Å². The van der Waals surface area contributed by atoms with Gasteiger partial charge in [-0.3, -0.25) is 0 Å². The van der Waals surface area contributed by atoms with E-state index in [1.54, 1.807) is 6.20 Å². The number of hydrogen-bond donors (Lipinski definition) is 1. The summed E-state index contributed by atoms with van der Waals surface area (Å²) in [5.74, 6) is 0. The first-order chi connectivity index (χ1) is 6.33. The van der Waals surface area contributed by atoms with Crippen LogP contribution in [0.5, 0.6) is 0 Å². The number of aromatic nitrogens is 2. The van der Waals surface area contributed by atoms with Crippen molar-refractivity contribution in [2.24, 2.45) is 0 Å². The maximum Gasteiger partial charge on any atom is 0.140 e. The minimum Gasteiger partial charge on any atom is -0.395 e. The fraction of sp³-hybridized carbons (Fsp3) is 0.300. The van der Waals surface area contributed by atoms with Gasteiger partial charge in [-0.2, -0.15) is 0 Å². The second-order valence-electron chi connectivity index (χ2n) is 3.01. The van der Waals surface area contributed by atoms with Crippen LogP contribution in [0.1, 0.15) is 5.69 Å². The molecule has 13 heavy (non-hydrogen) atoms. The predicted molar refractivity (Wildman–Crippen MR) is 50.4 cm³/mol. The number of fused-ring (bicyclic) bond motifs is 1. The molecule has 0 spiro atoms. The van der Waals surface area contributed by atoms with Gasteiger partial charge in [0.15, 0.2) is 0 Å². The van der Waals surface area contributed by atoms with Gasteiger partial charge >= 0.3 is 0 Å². The molecule has 0 bridgehead atoms. The molecule has 0 amide bonds. The van der Waals surface area contributed by atoms with E-state index in [0.717, 1.165) is 16.7 Å². The maximum atomic E-state index is 8.87. The van der Waals surface area contributed by atoms with Crippen molar-refractivity contribution in [2.75, 3.05) is 6.61 Å². The van der Waals surface area contributed by atoms with Crippen molar-refractivity contribution < 1.29 is 5.11 Å². The molecule has 2 aromatic rings. The Kier molecular flexibility index (Phi) is 2.02. The van der Waals surface area contributed by atoms with Crippen molar-refractivity contribution in [1.82, 2.24) is 9.55 Å². The van der Waals surface area contributed by atoms with Crippen LogP contribution in [-0.4, -0.2) is 21.3 Å². The van der Waals surface area contributed by atoms with Gasteiger partial charge in [-0.15, -0.1) is 0 Å². The summed E-state index contributed by atoms with van der Waals surface area (Å²) >= 11 is 0. The number of aliphatic hydroxyl groups is 1. The van der Waals surface area contributed by atoms with Gasteiger partial charge in [-0.25, -0.2) is 4.98 Å². The van der Waals surface area contributed by atoms with E-state index in [-0.39, 0.29) is 6.61 Å². The summed E-state index contributed by atoms with van der Waals surface area (Å²) in [5, 5.41) is 9.94. The van der Waals surface area contributed by atoms with E-state index in [4.69, 9.17) is 5.11 Å². The zero-order valence-electron chi connectivity index (χ0n) is 7.49. The lowest BCUT2D eigenvalue weighted by atomic mass is 10.3. The maximum absolute atomic E-state index is 8.87. The first-order valence-electron chi connectivity index (χ1n) is 4.25. The van der Waals surface area contributed by atoms with Gasteiger partial charge in [-0.1, -0.05) is 0 Å². The molecule has 2 rings (SSSR count). The lowest BCUT2D eigenvalue weighted by Gasteiger charge is -2.03. The molecular formula is C10H11N2O. The van der Waals surface area contributed by atoms with Gasteiger partial charge in [0.1, 0.15) is 5.65 Å². The van der Waals surface area contributed by atoms with Crippen LogP contribution in [0.2, 0.25) is 0 Å². The van der Waals surface area contributed by atoms with Gasteiger partial charge in [0.05, 0.1) is 6.61 Å². The summed E-state index contributed by atoms with van der Waals surface area (Å²) in [7, 11) is 0. The average molecular weight is 175 g/mol. The summed E-state index contributed by atoms with van der Waals surface area (Å²) in [6, 6.07) is 6.89. The highest BCUT2D eigenvalue weighted by Gasteiger charge is 2.04. The zero-order chi connectivity index (χ0) is 9.26. The van der Waals surface area contributed by atoms with Gasteiger partial charge in [0.25, 0.3) is 0 Å². The highest BCUT2D eigenvalue weighted by molar-refractivity contribution is 5.76. The molecule has 0 saturated carbocycles. The summed E-state index contributed by atoms with van der Waals surface area (Å²) in [6.07, 6.45) is 1.65. The normalized spacial score (nSPS) is 10.9. The molecule has 2 heterocycles. The van der Waals surface area contributed by atoms with E-state index >= 15 is 0 Å². The fourth-order valence-corrected chi connectivity index (χ4v) is 1.55. The topological polar surface area (TPSA) is 38.0 Å². The van der Waals surface area contributed by atoms with Gasteiger partial charge < -0.3 is 9.67 Å². The molecule has 1 radical (unpaired) electrons. The molecule has 0 atom stereocenters. The molecule has 3 heteroatoms. The Labute approximate surface area is 76.6 Å². The lowest BCUT2D eigenvalue weighted by molar-refractivity contribution is 0.277. The van der Waals surface area contributed by atoms with Crippen molar-refractivity contribution in [2.45, 2.75) is 13.5 Å². The number of aliphatic hydroxyl groups excluding tert-OH is 1. The third-order valence-corrected chi connectivity index (χ3v) is 2.13. The SMILES string of the molecule is Cc1cc2c[c]cnc2n1CCO. The van der Waals surface area contributed by atoms with E-state index < -0.39 is 0 Å². The molecule has 0 aliphatic rings. The predicted octanol–water partition coefficient (Wildman–Crippen LogP) is 1.14. The average Bonchev–Trinajstić information content (AvgIpc) is 2.44. The summed E-state index contributed by atoms with van der Waals surface area (Å²) in [4.78, 5) is 4.22. The number of nitrogens with zero attached hydrogens (tertiary/aromatic N) is 2. The fourth-order valence-electron chi connectivity index (χ4n) is 1.55. The van der Waals surface area contributed by atoms with Crippen LogP contribution in [0.3, 0.4) is 0 Å². The van der Waals surface area contributed by atoms with Gasteiger partial charge in [-0.05, 0) is 19.1 Å². The van der Waals surface area contributed by atoms with Crippen LogP contribution in [0.25, 0.3) is 11.0 Å². The molecule has 2 aromatic heterocycles. The minimum atomic E-state index is 0.144. The van der Waals surface area contributed by atoms with Crippen molar-refractivity contribution in [3.63, 3.8) is 0 Å². The first kappa shape index (κ1) is 8.26. The summed E-state index contributed by atoms with van der Waals surface area (Å²) in [6.45, 7) is 2.76. The molecule has 67 valence electrons. The Morgan fingerprint density at radius 2 is 2.46 bits per heavy atom. The Morgan fingerprint density at radius 1 is 1.62 bits per heavy atom. The molecule has 0 unspecified atom stereocenters. The monoisotopic (exact) mass is 175 g/mol. The molecule has 0 saturated heterocycles. The van der Waals surface area contributed by atoms with Crippen LogP contribution < -0.4 is 0 Å². The Hall–Kier alpha value is -1.35. The molecule has 0 aromatic carbocycles. The highest BCUT2D eigenvalue weighted by Crippen LogP contribution is 2.15. The molecule has 0 aliphatic heterocycles. The van der Waals surface area contributed by atoms with E-state index in [2.05, 4.69) is 17.1 Å². The van der Waals surface area contributed by atoms with E-state index in [9.17, 15) is 0 Å². The van der Waals surface area contributed by atoms with E-state index in [0.29, 0.717) is 6.54 Å². The minimum absolute atomic E-state index is 0.144. The second kappa shape index (κ2) is 3.18. The van der Waals surface area contributed by atoms with Crippen molar-refractivity contribution in [1.29, 1.82) is 0 Å². The Balaban J connectivity index is 2.64. The standard InChI is InChI=1S/C10H11N2O/c1-8-7-9-3-2-4-11-10(9)12(8)5-6-13/h3-4,7,13H,5-6H2,1H3. The van der Waals surface area contributed by atoms with Crippen molar-refractivity contribution >= 4 is 11.0 Å². The van der Waals surface area contributed by atoms with Gasteiger partial charge in [0.2, 0.25) is 0 Å². The van der Waals surface area contributed by atoms with E-state index in [1.165, 1.54) is 0 Å². The molecule has 0 aliphatic carbocycles. The second-order valence-corrected chi connectivity index (χ2v) is 3.01. The van der Waals surface area contributed by atoms with Crippen molar-refractivity contribution in [3.05, 3.63) is 30.1 Å². The largest absolute Gasteiger partial charge is 0.395 e. The molecule has 3 nitrogen and oxygen atoms in total. The van der Waals surface area contributed by atoms with E-state index in [1.807, 2.05) is 17.6 Å². The van der Waals surface area contributed by atoms with Crippen LogP contribution in [0.4, 0.5) is 0 Å². The molecule has 1 N–H and O–H groups in total. The van der Waals surface area contributed by atoms with Crippen LogP contribution in [0.15, 0.2) is 18.3 Å². The number of hydrogen-bond acceptors (Lipinski definition) is 2. The third-order valence-electron chi connectivity index (χ3n) is 2.13. The quantitative estimate of drug-likeness (QED) is 0.743. The number of rotatable bonds is 2. The lowest BCUT2D eigenvalue weighted by Crippen LogP contribution is -2.04. The van der Waals surface area contributed by atoms with Crippen LogP contribution in [0, 0.1) is 13.0 Å². The third kappa shape index (κ3) is 1.31. The molecule has 0 fully saturated rings. The summed E-state index contributed by atoms with van der Waals surface area (Å²) < 4.78 is 2.00. The summed E-state index contributed by atoms with van der Waals surface area (Å²) in [5.41, 5.74) is 2.04. The Bertz CT molecular complexity index is 420. The Morgan fingerprint density at radius 3 is 3.23 bits per heavy atom. The highest BCUT2D eigenvalue weighted by atomic mass is 16.3. The zero-order valence-corrected chi connectivity index (χ0v) is 7.49. The number of pyridine rings is 1. The molecular weight excluding hydrogens is 164 g/mol. The first-order valence-corrected chi connectivity index (χ1v) is 4.25. The van der Waals surface area contributed by atoms with Crippen LogP contribution >= 0.6 is 0 Å². The smallest absolute Gasteiger partial charge is 0.140 e. The van der Waals surface area contributed by atoms with Crippen molar-refractivity contribution in [3.8, 4) is 0 Å². The van der Waals surface area contributed by atoms with Gasteiger partial charge in [0, 0.05) is 29.9 Å². The number of aryl methyl sites for hydroxylation is 1.